The summed E-state index contributed by atoms with van der Waals surface area (Å²) in [5.41, 5.74) is 3.49. The summed E-state index contributed by atoms with van der Waals surface area (Å²) in [4.78, 5) is 16.9. The summed E-state index contributed by atoms with van der Waals surface area (Å²) in [6, 6.07) is 24.6. The average molecular weight is 470 g/mol. The minimum Gasteiger partial charge on any atom is -0.354 e. The molecule has 1 amide bonds. The van der Waals surface area contributed by atoms with E-state index in [9.17, 15) is 4.79 Å². The number of hydrogen-bond donors (Lipinski definition) is 1. The van der Waals surface area contributed by atoms with Crippen LogP contribution in [0.3, 0.4) is 0 Å². The largest absolute Gasteiger partial charge is 0.354 e. The van der Waals surface area contributed by atoms with Crippen LogP contribution in [-0.2, 0) is 16.8 Å². The summed E-state index contributed by atoms with van der Waals surface area (Å²) in [5, 5.41) is 12.8. The summed E-state index contributed by atoms with van der Waals surface area (Å²) in [6.45, 7) is 1.31. The molecule has 1 aliphatic carbocycles. The zero-order chi connectivity index (χ0) is 23.2. The lowest BCUT2D eigenvalue weighted by molar-refractivity contribution is -0.119. The maximum Gasteiger partial charge on any atom is 0.230 e. The van der Waals surface area contributed by atoms with Crippen molar-refractivity contribution >= 4 is 17.7 Å². The zero-order valence-electron chi connectivity index (χ0n) is 18.9. The van der Waals surface area contributed by atoms with Crippen molar-refractivity contribution in [1.29, 1.82) is 0 Å². The Morgan fingerprint density at radius 1 is 0.941 bits per heavy atom. The van der Waals surface area contributed by atoms with Crippen LogP contribution in [0, 0.1) is 0 Å². The highest BCUT2D eigenvalue weighted by atomic mass is 32.2. The third-order valence-electron chi connectivity index (χ3n) is 6.49. The van der Waals surface area contributed by atoms with Crippen LogP contribution in [0.1, 0.15) is 30.4 Å². The Bertz CT molecular complexity index is 1220. The fourth-order valence-corrected chi connectivity index (χ4v) is 5.20. The van der Waals surface area contributed by atoms with Crippen molar-refractivity contribution in [3.05, 3.63) is 96.3 Å². The van der Waals surface area contributed by atoms with Gasteiger partial charge in [0.2, 0.25) is 5.91 Å². The number of nitrogens with one attached hydrogen (secondary N) is 1. The molecule has 2 aromatic heterocycles. The van der Waals surface area contributed by atoms with Gasteiger partial charge in [-0.25, -0.2) is 0 Å². The van der Waals surface area contributed by atoms with Gasteiger partial charge in [0.25, 0.3) is 0 Å². The molecule has 2 heterocycles. The second-order valence-corrected chi connectivity index (χ2v) is 9.62. The number of nitrogens with zero attached hydrogens (tertiary/aromatic N) is 4. The molecule has 1 N–H and O–H groups in total. The van der Waals surface area contributed by atoms with Gasteiger partial charge < -0.3 is 5.32 Å². The molecule has 0 unspecified atom stereocenters. The Hall–Kier alpha value is -3.45. The molecule has 0 radical (unpaired) electrons. The zero-order valence-corrected chi connectivity index (χ0v) is 19.7. The molecule has 34 heavy (non-hydrogen) atoms. The lowest BCUT2D eigenvalue weighted by Crippen LogP contribution is -2.46. The molecular weight excluding hydrogens is 442 g/mol. The Kier molecular flexibility index (Phi) is 6.72. The number of carbonyl (C=O) groups excluding carboxylic acids is 1. The van der Waals surface area contributed by atoms with E-state index >= 15 is 0 Å². The number of rotatable bonds is 9. The van der Waals surface area contributed by atoms with Crippen molar-refractivity contribution in [2.75, 3.05) is 12.3 Å². The second kappa shape index (κ2) is 10.2. The first-order valence-electron chi connectivity index (χ1n) is 11.6. The highest BCUT2D eigenvalue weighted by Gasteiger charge is 2.38. The summed E-state index contributed by atoms with van der Waals surface area (Å²) in [7, 11) is 0. The molecule has 1 fully saturated rings. The normalized spacial score (nSPS) is 14.4. The SMILES string of the molecule is O=C(CSc1nnc(-c2ccncc2)n1Cc1ccccc1)NCC1(c2ccccc2)CCC1. The molecule has 2 aromatic carbocycles. The Labute approximate surface area is 203 Å². The summed E-state index contributed by atoms with van der Waals surface area (Å²) in [6.07, 6.45) is 6.94. The molecule has 6 nitrogen and oxygen atoms in total. The van der Waals surface area contributed by atoms with E-state index in [1.807, 2.05) is 36.4 Å². The van der Waals surface area contributed by atoms with Crippen molar-refractivity contribution in [3.63, 3.8) is 0 Å². The first kappa shape index (κ1) is 22.3. The van der Waals surface area contributed by atoms with Gasteiger partial charge in [0.05, 0.1) is 12.3 Å². The van der Waals surface area contributed by atoms with Crippen LogP contribution in [0.5, 0.6) is 0 Å². The molecule has 0 bridgehead atoms. The third kappa shape index (κ3) is 4.89. The number of pyridine rings is 1. The van der Waals surface area contributed by atoms with Crippen molar-refractivity contribution in [3.8, 4) is 11.4 Å². The number of thioether (sulfide) groups is 1. The number of hydrogen-bond acceptors (Lipinski definition) is 5. The Balaban J connectivity index is 1.27. The second-order valence-electron chi connectivity index (χ2n) is 8.68. The highest BCUT2D eigenvalue weighted by molar-refractivity contribution is 7.99. The van der Waals surface area contributed by atoms with Crippen LogP contribution in [-0.4, -0.2) is 38.0 Å². The van der Waals surface area contributed by atoms with Crippen molar-refractivity contribution in [1.82, 2.24) is 25.1 Å². The van der Waals surface area contributed by atoms with E-state index in [0.717, 1.165) is 34.9 Å². The van der Waals surface area contributed by atoms with Crippen molar-refractivity contribution in [2.24, 2.45) is 0 Å². The number of benzene rings is 2. The van der Waals surface area contributed by atoms with Crippen LogP contribution in [0.25, 0.3) is 11.4 Å². The molecule has 7 heteroatoms. The van der Waals surface area contributed by atoms with E-state index in [2.05, 4.69) is 61.5 Å². The monoisotopic (exact) mass is 469 g/mol. The first-order chi connectivity index (χ1) is 16.7. The number of aromatic nitrogens is 4. The van der Waals surface area contributed by atoms with E-state index < -0.39 is 0 Å². The van der Waals surface area contributed by atoms with Gasteiger partial charge in [0.1, 0.15) is 0 Å². The Morgan fingerprint density at radius 2 is 1.65 bits per heavy atom. The van der Waals surface area contributed by atoms with Gasteiger partial charge in [-0.3, -0.25) is 14.3 Å². The van der Waals surface area contributed by atoms with Gasteiger partial charge in [-0.15, -0.1) is 10.2 Å². The fourth-order valence-electron chi connectivity index (χ4n) is 4.43. The van der Waals surface area contributed by atoms with Crippen LogP contribution in [0.2, 0.25) is 0 Å². The van der Waals surface area contributed by atoms with Gasteiger partial charge in [-0.1, -0.05) is 78.8 Å². The first-order valence-corrected chi connectivity index (χ1v) is 12.5. The van der Waals surface area contributed by atoms with Gasteiger partial charge in [0.15, 0.2) is 11.0 Å². The molecule has 0 aliphatic heterocycles. The van der Waals surface area contributed by atoms with Gasteiger partial charge in [-0.2, -0.15) is 0 Å². The minimum atomic E-state index is 0.0203. The molecule has 5 rings (SSSR count). The smallest absolute Gasteiger partial charge is 0.230 e. The Morgan fingerprint density at radius 3 is 2.32 bits per heavy atom. The molecule has 0 spiro atoms. The minimum absolute atomic E-state index is 0.0203. The van der Waals surface area contributed by atoms with E-state index in [1.165, 1.54) is 23.7 Å². The lowest BCUT2D eigenvalue weighted by atomic mass is 9.64. The van der Waals surface area contributed by atoms with E-state index in [0.29, 0.717) is 18.8 Å². The predicted octanol–water partition coefficient (Wildman–Crippen LogP) is 4.72. The summed E-state index contributed by atoms with van der Waals surface area (Å²) < 4.78 is 2.07. The third-order valence-corrected chi connectivity index (χ3v) is 7.46. The fraction of sp³-hybridized carbons (Fsp3) is 0.259. The molecule has 172 valence electrons. The average Bonchev–Trinajstić information content (AvgIpc) is 3.26. The molecular formula is C27H27N5OS. The van der Waals surface area contributed by atoms with E-state index in [-0.39, 0.29) is 11.3 Å². The maximum atomic E-state index is 12.8. The molecule has 0 saturated heterocycles. The number of amides is 1. The highest BCUT2D eigenvalue weighted by Crippen LogP contribution is 2.43. The lowest BCUT2D eigenvalue weighted by Gasteiger charge is -2.42. The standard InChI is InChI=1S/C27H27N5OS/c33-24(29-20-27(14-7-15-27)23-10-5-2-6-11-23)19-34-26-31-30-25(22-12-16-28-17-13-22)32(26)18-21-8-3-1-4-9-21/h1-6,8-13,16-17H,7,14-15,18-20H2,(H,29,33). The predicted molar refractivity (Wildman–Crippen MR) is 135 cm³/mol. The van der Waals surface area contributed by atoms with Gasteiger partial charge in [-0.05, 0) is 36.1 Å². The van der Waals surface area contributed by atoms with E-state index in [1.54, 1.807) is 12.4 Å². The van der Waals surface area contributed by atoms with Gasteiger partial charge >= 0.3 is 0 Å². The topological polar surface area (TPSA) is 72.7 Å². The molecule has 0 atom stereocenters. The summed E-state index contributed by atoms with van der Waals surface area (Å²) >= 11 is 1.42. The van der Waals surface area contributed by atoms with Crippen LogP contribution in [0.15, 0.2) is 90.3 Å². The number of carbonyl (C=O) groups is 1. The van der Waals surface area contributed by atoms with Crippen LogP contribution < -0.4 is 5.32 Å². The van der Waals surface area contributed by atoms with E-state index in [4.69, 9.17) is 0 Å². The molecule has 4 aromatic rings. The van der Waals surface area contributed by atoms with Crippen molar-refractivity contribution in [2.45, 2.75) is 36.4 Å². The van der Waals surface area contributed by atoms with Crippen LogP contribution >= 0.6 is 11.8 Å². The molecule has 1 saturated carbocycles. The van der Waals surface area contributed by atoms with Crippen LogP contribution in [0.4, 0.5) is 0 Å². The molecule has 1 aliphatic rings. The van der Waals surface area contributed by atoms with Gasteiger partial charge in [0, 0.05) is 29.9 Å². The quantitative estimate of drug-likeness (QED) is 0.359. The summed E-state index contributed by atoms with van der Waals surface area (Å²) in [5.74, 6) is 1.09. The maximum absolute atomic E-state index is 12.8. The van der Waals surface area contributed by atoms with Crippen molar-refractivity contribution < 1.29 is 4.79 Å².